The van der Waals surface area contributed by atoms with E-state index in [0.29, 0.717) is 17.4 Å². The van der Waals surface area contributed by atoms with Gasteiger partial charge in [0, 0.05) is 6.29 Å². The third kappa shape index (κ3) is 2.14. The van der Waals surface area contributed by atoms with Crippen molar-refractivity contribution in [2.75, 3.05) is 6.29 Å². The second kappa shape index (κ2) is 5.21. The monoisotopic (exact) mass is 301 g/mol. The first-order valence-corrected chi connectivity index (χ1v) is 9.63. The molecule has 3 nitrogen and oxygen atoms in total. The highest BCUT2D eigenvalue weighted by molar-refractivity contribution is 7.59. The van der Waals surface area contributed by atoms with Gasteiger partial charge in [0.15, 0.2) is 0 Å². The first kappa shape index (κ1) is 13.5. The van der Waals surface area contributed by atoms with E-state index < -0.39 is 0 Å². The smallest absolute Gasteiger partial charge is 0.261 e. The Kier molecular flexibility index (Phi) is 3.34. The van der Waals surface area contributed by atoms with Crippen LogP contribution < -0.4 is 0 Å². The molecule has 0 saturated carbocycles. The fraction of sp³-hybridized carbons (Fsp3) is 0.529. The molecule has 1 aromatic rings. The number of carbonyl (C=O) groups excluding carboxylic acids is 2. The summed E-state index contributed by atoms with van der Waals surface area (Å²) in [5.74, 6) is -0.136. The maximum Gasteiger partial charge on any atom is 0.261 e. The molecule has 0 aromatic heterocycles. The Morgan fingerprint density at radius 1 is 0.905 bits per heavy atom. The summed E-state index contributed by atoms with van der Waals surface area (Å²) < 4.78 is 0. The molecule has 3 aliphatic heterocycles. The van der Waals surface area contributed by atoms with Crippen LogP contribution >= 0.6 is 7.92 Å². The SMILES string of the molecule is O=C1c2ccccc2C(=O)N1CP1C2CCCC1CCC2. The van der Waals surface area contributed by atoms with E-state index in [1.54, 1.807) is 17.0 Å². The summed E-state index contributed by atoms with van der Waals surface area (Å²) >= 11 is 0. The van der Waals surface area contributed by atoms with Gasteiger partial charge in [-0.25, -0.2) is 0 Å². The number of imide groups is 1. The first-order chi connectivity index (χ1) is 10.3. The molecular weight excluding hydrogens is 281 g/mol. The second-order valence-electron chi connectivity index (χ2n) is 6.41. The van der Waals surface area contributed by atoms with Crippen molar-refractivity contribution < 1.29 is 9.59 Å². The van der Waals surface area contributed by atoms with Crippen LogP contribution in [0, 0.1) is 0 Å². The van der Waals surface area contributed by atoms with Crippen molar-refractivity contribution in [3.63, 3.8) is 0 Å². The summed E-state index contributed by atoms with van der Waals surface area (Å²) in [6.07, 6.45) is 8.64. The molecule has 3 heterocycles. The van der Waals surface area contributed by atoms with Gasteiger partial charge in [-0.3, -0.25) is 14.5 Å². The van der Waals surface area contributed by atoms with E-state index >= 15 is 0 Å². The minimum absolute atomic E-state index is 0.0678. The summed E-state index contributed by atoms with van der Waals surface area (Å²) in [5, 5.41) is 0. The molecule has 2 amide bonds. The largest absolute Gasteiger partial charge is 0.270 e. The van der Waals surface area contributed by atoms with E-state index in [-0.39, 0.29) is 19.7 Å². The Morgan fingerprint density at radius 3 is 1.86 bits per heavy atom. The van der Waals surface area contributed by atoms with Crippen LogP contribution in [0.1, 0.15) is 59.2 Å². The lowest BCUT2D eigenvalue weighted by atomic mass is 9.99. The summed E-state index contributed by atoms with van der Waals surface area (Å²) in [7, 11) is -0.192. The minimum Gasteiger partial charge on any atom is -0.270 e. The lowest BCUT2D eigenvalue weighted by Crippen LogP contribution is -2.36. The molecule has 2 fully saturated rings. The molecule has 0 radical (unpaired) electrons. The number of nitrogens with zero attached hydrogens (tertiary/aromatic N) is 1. The van der Waals surface area contributed by atoms with Gasteiger partial charge in [-0.2, -0.15) is 0 Å². The molecule has 110 valence electrons. The van der Waals surface area contributed by atoms with Crippen LogP contribution in [0.2, 0.25) is 0 Å². The van der Waals surface area contributed by atoms with Crippen LogP contribution in [0.5, 0.6) is 0 Å². The number of amides is 2. The molecule has 0 spiro atoms. The van der Waals surface area contributed by atoms with Crippen LogP contribution in [0.3, 0.4) is 0 Å². The molecule has 0 unspecified atom stereocenters. The van der Waals surface area contributed by atoms with Gasteiger partial charge in [0.2, 0.25) is 0 Å². The topological polar surface area (TPSA) is 37.4 Å². The van der Waals surface area contributed by atoms with Crippen molar-refractivity contribution >= 4 is 19.7 Å². The molecule has 21 heavy (non-hydrogen) atoms. The average molecular weight is 301 g/mol. The van der Waals surface area contributed by atoms with E-state index in [0.717, 1.165) is 11.3 Å². The predicted molar refractivity (Wildman–Crippen MR) is 84.0 cm³/mol. The van der Waals surface area contributed by atoms with E-state index in [4.69, 9.17) is 0 Å². The lowest BCUT2D eigenvalue weighted by Gasteiger charge is -2.44. The molecule has 0 aliphatic carbocycles. The highest BCUT2D eigenvalue weighted by atomic mass is 31.1. The van der Waals surface area contributed by atoms with Gasteiger partial charge in [0.1, 0.15) is 0 Å². The molecule has 4 heteroatoms. The fourth-order valence-electron chi connectivity index (χ4n) is 4.19. The van der Waals surface area contributed by atoms with Gasteiger partial charge in [0.05, 0.1) is 11.1 Å². The fourth-order valence-corrected chi connectivity index (χ4v) is 7.89. The summed E-state index contributed by atoms with van der Waals surface area (Å²) in [5.41, 5.74) is 2.77. The number of hydrogen-bond donors (Lipinski definition) is 0. The Morgan fingerprint density at radius 2 is 1.38 bits per heavy atom. The zero-order valence-electron chi connectivity index (χ0n) is 12.1. The Labute approximate surface area is 126 Å². The highest BCUT2D eigenvalue weighted by Gasteiger charge is 2.42. The minimum atomic E-state index is -0.192. The standard InChI is InChI=1S/C17H20NO2P/c19-16-14-9-1-2-10-15(14)17(20)18(16)11-21-12-5-3-6-13(21)8-4-7-12/h1-2,9-10,12-13H,3-8,11H2. The Hall–Kier alpha value is -1.21. The van der Waals surface area contributed by atoms with Crippen molar-refractivity contribution in [1.82, 2.24) is 4.90 Å². The highest BCUT2D eigenvalue weighted by Crippen LogP contribution is 2.60. The van der Waals surface area contributed by atoms with Crippen molar-refractivity contribution in [2.45, 2.75) is 49.8 Å². The molecule has 0 N–H and O–H groups in total. The van der Waals surface area contributed by atoms with E-state index in [1.165, 1.54) is 38.5 Å². The third-order valence-corrected chi connectivity index (χ3v) is 8.79. The lowest BCUT2D eigenvalue weighted by molar-refractivity contribution is 0.0681. The molecule has 1 aromatic carbocycles. The molecule has 0 atom stereocenters. The van der Waals surface area contributed by atoms with Crippen LogP contribution in [0.4, 0.5) is 0 Å². The van der Waals surface area contributed by atoms with Gasteiger partial charge < -0.3 is 0 Å². The maximum atomic E-state index is 12.5. The molecule has 4 rings (SSSR count). The first-order valence-electron chi connectivity index (χ1n) is 7.96. The number of carbonyl (C=O) groups is 2. The zero-order valence-corrected chi connectivity index (χ0v) is 13.0. The average Bonchev–Trinajstić information content (AvgIpc) is 2.73. The van der Waals surface area contributed by atoms with Crippen LogP contribution in [0.25, 0.3) is 0 Å². The van der Waals surface area contributed by atoms with Gasteiger partial charge in [-0.15, -0.1) is 0 Å². The molecule has 2 saturated heterocycles. The van der Waals surface area contributed by atoms with Gasteiger partial charge in [-0.05, 0) is 49.1 Å². The summed E-state index contributed by atoms with van der Waals surface area (Å²) in [6, 6.07) is 7.25. The summed E-state index contributed by atoms with van der Waals surface area (Å²) in [6.45, 7) is 0. The van der Waals surface area contributed by atoms with Gasteiger partial charge in [0.25, 0.3) is 11.8 Å². The molecule has 3 aliphatic rings. The normalized spacial score (nSPS) is 31.4. The second-order valence-corrected chi connectivity index (χ2v) is 9.18. The summed E-state index contributed by atoms with van der Waals surface area (Å²) in [4.78, 5) is 26.6. The van der Waals surface area contributed by atoms with Crippen molar-refractivity contribution in [3.05, 3.63) is 35.4 Å². The van der Waals surface area contributed by atoms with Gasteiger partial charge >= 0.3 is 0 Å². The van der Waals surface area contributed by atoms with Crippen molar-refractivity contribution in [2.24, 2.45) is 0 Å². The van der Waals surface area contributed by atoms with Crippen molar-refractivity contribution in [1.29, 1.82) is 0 Å². The number of benzene rings is 1. The molecule has 2 bridgehead atoms. The third-order valence-electron chi connectivity index (χ3n) is 5.27. The zero-order chi connectivity index (χ0) is 14.4. The molecular formula is C17H20NO2P. The number of rotatable bonds is 2. The van der Waals surface area contributed by atoms with Crippen LogP contribution in [-0.4, -0.2) is 34.3 Å². The Bertz CT molecular complexity index is 543. The number of hydrogen-bond acceptors (Lipinski definition) is 2. The van der Waals surface area contributed by atoms with E-state index in [9.17, 15) is 9.59 Å². The predicted octanol–water partition coefficient (Wildman–Crippen LogP) is 3.83. The van der Waals surface area contributed by atoms with E-state index in [1.807, 2.05) is 12.1 Å². The number of fused-ring (bicyclic) bond motifs is 3. The maximum absolute atomic E-state index is 12.5. The van der Waals surface area contributed by atoms with Crippen LogP contribution in [0.15, 0.2) is 24.3 Å². The van der Waals surface area contributed by atoms with E-state index in [2.05, 4.69) is 0 Å². The quantitative estimate of drug-likeness (QED) is 0.615. The van der Waals surface area contributed by atoms with Crippen molar-refractivity contribution in [3.8, 4) is 0 Å². The van der Waals surface area contributed by atoms with Gasteiger partial charge in [-0.1, -0.05) is 32.9 Å². The Balaban J connectivity index is 1.58. The van der Waals surface area contributed by atoms with Crippen LogP contribution in [-0.2, 0) is 0 Å².